The first kappa shape index (κ1) is 22.5. The Bertz CT molecular complexity index is 1070. The molecule has 0 saturated heterocycles. The van der Waals surface area contributed by atoms with E-state index in [4.69, 9.17) is 18.9 Å². The van der Waals surface area contributed by atoms with Crippen molar-refractivity contribution in [3.05, 3.63) is 41.3 Å². The number of carbonyl (C=O) groups excluding carboxylic acids is 4. The van der Waals surface area contributed by atoms with Crippen LogP contribution in [0.2, 0.25) is 0 Å². The average Bonchev–Trinajstić information content (AvgIpc) is 3.15. The van der Waals surface area contributed by atoms with Gasteiger partial charge in [-0.25, -0.2) is 4.79 Å². The van der Waals surface area contributed by atoms with Crippen LogP contribution in [0.1, 0.15) is 32.8 Å². The lowest BCUT2D eigenvalue weighted by Crippen LogP contribution is -2.52. The van der Waals surface area contributed by atoms with Gasteiger partial charge in [0, 0.05) is 37.5 Å². The summed E-state index contributed by atoms with van der Waals surface area (Å²) in [6, 6.07) is 7.48. The minimum Gasteiger partial charge on any atom is -0.466 e. The van der Waals surface area contributed by atoms with Crippen molar-refractivity contribution in [2.24, 2.45) is 0 Å². The quantitative estimate of drug-likeness (QED) is 0.510. The van der Waals surface area contributed by atoms with E-state index in [0.29, 0.717) is 11.1 Å². The Balaban J connectivity index is 2.24. The van der Waals surface area contributed by atoms with Crippen LogP contribution in [-0.2, 0) is 38.1 Å². The molecule has 2 aromatic rings. The van der Waals surface area contributed by atoms with Crippen molar-refractivity contribution >= 4 is 50.9 Å². The fourth-order valence-corrected chi connectivity index (χ4v) is 4.48. The van der Waals surface area contributed by atoms with E-state index in [1.54, 1.807) is 17.4 Å². The van der Waals surface area contributed by atoms with Gasteiger partial charge in [0.15, 0.2) is 6.10 Å². The second-order valence-electron chi connectivity index (χ2n) is 7.13. The van der Waals surface area contributed by atoms with Gasteiger partial charge >= 0.3 is 23.9 Å². The number of rotatable bonds is 5. The number of fused-ring (bicyclic) bond motifs is 1. The Labute approximate surface area is 182 Å². The Morgan fingerprint density at radius 3 is 2.32 bits per heavy atom. The van der Waals surface area contributed by atoms with Gasteiger partial charge in [-0.15, -0.1) is 11.3 Å². The molecule has 0 radical (unpaired) electrons. The molecule has 1 heterocycles. The van der Waals surface area contributed by atoms with E-state index in [-0.39, 0.29) is 6.42 Å². The van der Waals surface area contributed by atoms with Gasteiger partial charge in [0.2, 0.25) is 5.60 Å². The lowest BCUT2D eigenvalue weighted by Gasteiger charge is -2.39. The molecule has 0 amide bonds. The molecule has 0 spiro atoms. The maximum Gasteiger partial charge on any atom is 0.354 e. The highest BCUT2D eigenvalue weighted by Crippen LogP contribution is 2.40. The third-order valence-corrected chi connectivity index (χ3v) is 5.69. The molecule has 0 fully saturated rings. The predicted molar refractivity (Wildman–Crippen MR) is 112 cm³/mol. The Morgan fingerprint density at radius 2 is 1.71 bits per heavy atom. The molecule has 0 N–H and O–H groups in total. The number of benzene rings is 1. The molecule has 3 atom stereocenters. The van der Waals surface area contributed by atoms with Crippen molar-refractivity contribution < 1.29 is 38.1 Å². The first-order valence-corrected chi connectivity index (χ1v) is 10.4. The molecule has 9 heteroatoms. The van der Waals surface area contributed by atoms with Crippen molar-refractivity contribution in [1.29, 1.82) is 0 Å². The normalized spacial score (nSPS) is 22.9. The van der Waals surface area contributed by atoms with Crippen LogP contribution in [-0.4, -0.2) is 48.8 Å². The summed E-state index contributed by atoms with van der Waals surface area (Å²) < 4.78 is 22.3. The fraction of sp³-hybridized carbons (Fsp3) is 0.364. The molecule has 0 saturated carbocycles. The minimum atomic E-state index is -1.85. The maximum absolute atomic E-state index is 12.7. The monoisotopic (exact) mass is 446 g/mol. The summed E-state index contributed by atoms with van der Waals surface area (Å²) in [5.41, 5.74) is -0.863. The number of ether oxygens (including phenoxy) is 4. The van der Waals surface area contributed by atoms with Gasteiger partial charge in [-0.05, 0) is 40.6 Å². The molecule has 0 unspecified atom stereocenters. The Kier molecular flexibility index (Phi) is 6.45. The van der Waals surface area contributed by atoms with Gasteiger partial charge in [-0.3, -0.25) is 14.4 Å². The van der Waals surface area contributed by atoms with Crippen molar-refractivity contribution in [1.82, 2.24) is 0 Å². The van der Waals surface area contributed by atoms with Crippen molar-refractivity contribution in [3.8, 4) is 0 Å². The van der Waals surface area contributed by atoms with Gasteiger partial charge in [0.25, 0.3) is 0 Å². The van der Waals surface area contributed by atoms with Crippen LogP contribution in [0.15, 0.2) is 35.7 Å². The predicted octanol–water partition coefficient (Wildman–Crippen LogP) is 3.03. The minimum absolute atomic E-state index is 0.263. The van der Waals surface area contributed by atoms with Crippen LogP contribution in [0.4, 0.5) is 0 Å². The Hall–Kier alpha value is -3.20. The zero-order chi connectivity index (χ0) is 22.8. The van der Waals surface area contributed by atoms with E-state index >= 15 is 0 Å². The Morgan fingerprint density at radius 1 is 1.00 bits per heavy atom. The standard InChI is InChI=1S/C22H22O8S/c1-12(23)28-18-11-22(21(26)27-4,30-14(3)25)10-17(20(18)29-13(2)24)15-5-6-19-16(9-15)7-8-31-19/h5-10,18,20H,11H2,1-4H3/t18-,20-,22+/m1/s1. The van der Waals surface area contributed by atoms with Gasteiger partial charge in [-0.1, -0.05) is 6.07 Å². The zero-order valence-corrected chi connectivity index (χ0v) is 18.3. The topological polar surface area (TPSA) is 105 Å². The summed E-state index contributed by atoms with van der Waals surface area (Å²) in [5, 5.41) is 2.88. The second-order valence-corrected chi connectivity index (χ2v) is 8.08. The second kappa shape index (κ2) is 8.89. The van der Waals surface area contributed by atoms with E-state index in [0.717, 1.165) is 24.1 Å². The highest BCUT2D eigenvalue weighted by molar-refractivity contribution is 7.17. The average molecular weight is 446 g/mol. The summed E-state index contributed by atoms with van der Waals surface area (Å²) in [5.74, 6) is -2.79. The molecule has 0 bridgehead atoms. The lowest BCUT2D eigenvalue weighted by molar-refractivity contribution is -0.184. The molecule has 0 aliphatic heterocycles. The molecule has 1 aliphatic carbocycles. The number of thiophene rings is 1. The maximum atomic E-state index is 12.7. The first-order chi connectivity index (χ1) is 14.6. The molecular formula is C22H22O8S. The molecule has 1 aromatic carbocycles. The number of hydrogen-bond donors (Lipinski definition) is 0. The SMILES string of the molecule is COC(=O)[C@]1(OC(C)=O)C=C(c2ccc3sccc3c2)[C@@H](OC(C)=O)[C@H](OC(C)=O)C1. The van der Waals surface area contributed by atoms with Crippen LogP contribution < -0.4 is 0 Å². The van der Waals surface area contributed by atoms with E-state index in [2.05, 4.69) is 0 Å². The van der Waals surface area contributed by atoms with Crippen LogP contribution >= 0.6 is 11.3 Å². The summed E-state index contributed by atoms with van der Waals surface area (Å²) in [6.07, 6.45) is -0.939. The molecule has 164 valence electrons. The lowest BCUT2D eigenvalue weighted by atomic mass is 9.79. The number of esters is 4. The number of carbonyl (C=O) groups is 4. The van der Waals surface area contributed by atoms with Crippen molar-refractivity contribution in [3.63, 3.8) is 0 Å². The van der Waals surface area contributed by atoms with E-state index < -0.39 is 41.7 Å². The molecule has 1 aliphatic rings. The van der Waals surface area contributed by atoms with Crippen molar-refractivity contribution in [2.75, 3.05) is 7.11 Å². The van der Waals surface area contributed by atoms with Crippen LogP contribution in [0, 0.1) is 0 Å². The van der Waals surface area contributed by atoms with Crippen molar-refractivity contribution in [2.45, 2.75) is 45.0 Å². The number of hydrogen-bond acceptors (Lipinski definition) is 9. The summed E-state index contributed by atoms with van der Waals surface area (Å²) in [4.78, 5) is 48.2. The largest absolute Gasteiger partial charge is 0.466 e. The van der Waals surface area contributed by atoms with Gasteiger partial charge in [0.1, 0.15) is 6.10 Å². The smallest absolute Gasteiger partial charge is 0.354 e. The molecule has 3 rings (SSSR count). The third-order valence-electron chi connectivity index (χ3n) is 4.79. The van der Waals surface area contributed by atoms with E-state index in [1.165, 1.54) is 19.9 Å². The zero-order valence-electron chi connectivity index (χ0n) is 17.5. The van der Waals surface area contributed by atoms with E-state index in [9.17, 15) is 19.2 Å². The highest BCUT2D eigenvalue weighted by atomic mass is 32.1. The molecule has 1 aromatic heterocycles. The highest BCUT2D eigenvalue weighted by Gasteiger charge is 2.52. The fourth-order valence-electron chi connectivity index (χ4n) is 3.71. The van der Waals surface area contributed by atoms with Gasteiger partial charge in [0.05, 0.1) is 7.11 Å². The molecular weight excluding hydrogens is 424 g/mol. The third kappa shape index (κ3) is 4.77. The van der Waals surface area contributed by atoms with Crippen LogP contribution in [0.5, 0.6) is 0 Å². The first-order valence-electron chi connectivity index (χ1n) is 9.48. The van der Waals surface area contributed by atoms with Gasteiger partial charge < -0.3 is 18.9 Å². The molecule has 8 nitrogen and oxygen atoms in total. The van der Waals surface area contributed by atoms with Crippen LogP contribution in [0.25, 0.3) is 15.7 Å². The summed E-state index contributed by atoms with van der Waals surface area (Å²) in [6.45, 7) is 3.60. The number of methoxy groups -OCH3 is 1. The summed E-state index contributed by atoms with van der Waals surface area (Å²) in [7, 11) is 1.16. The van der Waals surface area contributed by atoms with E-state index in [1.807, 2.05) is 23.6 Å². The summed E-state index contributed by atoms with van der Waals surface area (Å²) >= 11 is 1.56. The van der Waals surface area contributed by atoms with Gasteiger partial charge in [-0.2, -0.15) is 0 Å². The van der Waals surface area contributed by atoms with Crippen LogP contribution in [0.3, 0.4) is 0 Å². The molecule has 31 heavy (non-hydrogen) atoms.